The van der Waals surface area contributed by atoms with E-state index < -0.39 is 0 Å². The van der Waals surface area contributed by atoms with Crippen LogP contribution in [0.4, 0.5) is 0 Å². The number of rotatable bonds is 40. The Morgan fingerprint density at radius 2 is 0.981 bits per heavy atom. The van der Waals surface area contributed by atoms with Gasteiger partial charge in [-0.3, -0.25) is 14.4 Å². The molecule has 308 valence electrons. The Hall–Kier alpha value is -1.67. The third kappa shape index (κ3) is 34.1. The van der Waals surface area contributed by atoms with Gasteiger partial charge < -0.3 is 24.2 Å². The predicted molar refractivity (Wildman–Crippen MR) is 215 cm³/mol. The highest BCUT2D eigenvalue weighted by Crippen LogP contribution is 2.20. The predicted octanol–water partition coefficient (Wildman–Crippen LogP) is 11.3. The highest BCUT2D eigenvalue weighted by molar-refractivity contribution is 5.72. The van der Waals surface area contributed by atoms with Crippen LogP contribution in [0.1, 0.15) is 213 Å². The second-order valence-corrected chi connectivity index (χ2v) is 15.3. The first-order valence-corrected chi connectivity index (χ1v) is 22.1. The van der Waals surface area contributed by atoms with Gasteiger partial charge in [0.25, 0.3) is 0 Å². The zero-order valence-electron chi connectivity index (χ0n) is 34.7. The van der Waals surface area contributed by atoms with Crippen molar-refractivity contribution in [2.75, 3.05) is 40.0 Å². The molecule has 0 aliphatic heterocycles. The number of carbonyl (C=O) groups excluding carboxylic acids is 3. The van der Waals surface area contributed by atoms with E-state index >= 15 is 0 Å². The monoisotopic (exact) mass is 740 g/mol. The van der Waals surface area contributed by atoms with Gasteiger partial charge in [-0.15, -0.1) is 0 Å². The first kappa shape index (κ1) is 50.3. The quantitative estimate of drug-likeness (QED) is 0.0376. The molecule has 0 bridgehead atoms. The maximum atomic E-state index is 13.0. The summed E-state index contributed by atoms with van der Waals surface area (Å²) in [5.41, 5.74) is 0. The van der Waals surface area contributed by atoms with Crippen molar-refractivity contribution >= 4 is 17.9 Å². The maximum absolute atomic E-state index is 13.0. The minimum atomic E-state index is -0.224. The van der Waals surface area contributed by atoms with Gasteiger partial charge >= 0.3 is 17.9 Å². The average Bonchev–Trinajstić information content (AvgIpc) is 3.14. The van der Waals surface area contributed by atoms with Gasteiger partial charge in [-0.05, 0) is 77.3 Å². The van der Waals surface area contributed by atoms with Crippen LogP contribution in [0.15, 0.2) is 0 Å². The number of nitrogens with zero attached hydrogens (tertiary/aromatic N) is 1. The van der Waals surface area contributed by atoms with Crippen molar-refractivity contribution in [2.45, 2.75) is 219 Å². The smallest absolute Gasteiger partial charge is 0.308 e. The van der Waals surface area contributed by atoms with Gasteiger partial charge in [0.15, 0.2) is 0 Å². The second kappa shape index (κ2) is 39.0. The van der Waals surface area contributed by atoms with E-state index in [1.54, 1.807) is 0 Å². The van der Waals surface area contributed by atoms with Gasteiger partial charge in [-0.2, -0.15) is 0 Å². The lowest BCUT2D eigenvalue weighted by Gasteiger charge is -2.21. The van der Waals surface area contributed by atoms with Gasteiger partial charge in [0.2, 0.25) is 0 Å². The molecule has 1 N–H and O–H groups in total. The zero-order chi connectivity index (χ0) is 38.3. The second-order valence-electron chi connectivity index (χ2n) is 15.3. The van der Waals surface area contributed by atoms with E-state index in [1.165, 1.54) is 103 Å². The number of ether oxygens (including phenoxy) is 3. The lowest BCUT2D eigenvalue weighted by molar-refractivity contribution is -0.154. The molecular formula is C44H85NO7. The Morgan fingerprint density at radius 3 is 1.50 bits per heavy atom. The van der Waals surface area contributed by atoms with E-state index in [2.05, 4.69) is 30.4 Å². The van der Waals surface area contributed by atoms with E-state index in [9.17, 15) is 19.5 Å². The standard InChI is InChI=1S/C44H85NO7/c1-5-7-9-11-16-23-31-41(32-24-17-12-10-8-6-2)52-44(49)40(3)30-22-19-21-28-36-45(37-38-46)35-27-20-15-13-14-18-25-34-43(48)51-39-29-26-33-42(47)50-4/h40-41,46H,5-39H2,1-4H3. The van der Waals surface area contributed by atoms with Crippen LogP contribution in [0.2, 0.25) is 0 Å². The van der Waals surface area contributed by atoms with Gasteiger partial charge in [0.05, 0.1) is 26.2 Å². The Morgan fingerprint density at radius 1 is 0.538 bits per heavy atom. The minimum Gasteiger partial charge on any atom is -0.469 e. The van der Waals surface area contributed by atoms with Crippen molar-refractivity contribution in [3.8, 4) is 0 Å². The van der Waals surface area contributed by atoms with Crippen LogP contribution in [0.3, 0.4) is 0 Å². The SMILES string of the molecule is CCCCCCCCC(CCCCCCCC)OC(=O)C(C)CCCCCCN(CCO)CCCCCCCCCC(=O)OCCCCC(=O)OC. The number of carbonyl (C=O) groups is 3. The van der Waals surface area contributed by atoms with Gasteiger partial charge in [0.1, 0.15) is 6.10 Å². The molecule has 1 unspecified atom stereocenters. The molecule has 52 heavy (non-hydrogen) atoms. The number of aliphatic hydroxyl groups is 1. The summed E-state index contributed by atoms with van der Waals surface area (Å²) in [7, 11) is 1.38. The van der Waals surface area contributed by atoms with Crippen molar-refractivity contribution < 1.29 is 33.7 Å². The van der Waals surface area contributed by atoms with Crippen molar-refractivity contribution in [1.29, 1.82) is 0 Å². The van der Waals surface area contributed by atoms with Crippen molar-refractivity contribution in [3.05, 3.63) is 0 Å². The molecule has 0 spiro atoms. The summed E-state index contributed by atoms with van der Waals surface area (Å²) >= 11 is 0. The number of methoxy groups -OCH3 is 1. The maximum Gasteiger partial charge on any atom is 0.308 e. The van der Waals surface area contributed by atoms with E-state index in [-0.39, 0.29) is 36.5 Å². The van der Waals surface area contributed by atoms with Gasteiger partial charge in [-0.1, -0.05) is 136 Å². The molecule has 0 aliphatic rings. The molecule has 0 saturated carbocycles. The van der Waals surface area contributed by atoms with Crippen LogP contribution in [0.5, 0.6) is 0 Å². The Labute approximate surface area is 321 Å². The number of aliphatic hydroxyl groups excluding tert-OH is 1. The largest absolute Gasteiger partial charge is 0.469 e. The Kier molecular flexibility index (Phi) is 37.8. The van der Waals surface area contributed by atoms with Crippen LogP contribution in [-0.2, 0) is 28.6 Å². The summed E-state index contributed by atoms with van der Waals surface area (Å²) in [6, 6.07) is 0. The summed E-state index contributed by atoms with van der Waals surface area (Å²) in [6.07, 6.45) is 32.8. The zero-order valence-corrected chi connectivity index (χ0v) is 34.7. The summed E-state index contributed by atoms with van der Waals surface area (Å²) < 4.78 is 16.0. The van der Waals surface area contributed by atoms with Crippen molar-refractivity contribution in [3.63, 3.8) is 0 Å². The summed E-state index contributed by atoms with van der Waals surface area (Å²) in [5, 5.41) is 9.56. The summed E-state index contributed by atoms with van der Waals surface area (Å²) in [4.78, 5) is 38.3. The number of unbranched alkanes of at least 4 members (excludes halogenated alkanes) is 20. The number of hydrogen-bond donors (Lipinski definition) is 1. The topological polar surface area (TPSA) is 102 Å². The fraction of sp³-hybridized carbons (Fsp3) is 0.932. The van der Waals surface area contributed by atoms with Crippen LogP contribution in [0.25, 0.3) is 0 Å². The molecule has 8 heteroatoms. The molecule has 0 radical (unpaired) electrons. The van der Waals surface area contributed by atoms with E-state index in [0.29, 0.717) is 32.3 Å². The molecule has 0 rings (SSSR count). The van der Waals surface area contributed by atoms with E-state index in [0.717, 1.165) is 90.3 Å². The molecule has 0 saturated heterocycles. The van der Waals surface area contributed by atoms with Crippen molar-refractivity contribution in [1.82, 2.24) is 4.90 Å². The van der Waals surface area contributed by atoms with Crippen LogP contribution in [-0.4, -0.2) is 74.0 Å². The fourth-order valence-electron chi connectivity index (χ4n) is 6.80. The fourth-order valence-corrected chi connectivity index (χ4v) is 6.80. The van der Waals surface area contributed by atoms with Crippen LogP contribution >= 0.6 is 0 Å². The molecular weight excluding hydrogens is 654 g/mol. The minimum absolute atomic E-state index is 0.0117. The lowest BCUT2D eigenvalue weighted by atomic mass is 10.0. The molecule has 0 fully saturated rings. The lowest BCUT2D eigenvalue weighted by Crippen LogP contribution is -2.29. The molecule has 0 aromatic carbocycles. The summed E-state index contributed by atoms with van der Waals surface area (Å²) in [6.45, 7) is 9.94. The average molecular weight is 740 g/mol. The normalized spacial score (nSPS) is 12.1. The summed E-state index contributed by atoms with van der Waals surface area (Å²) in [5.74, 6) is -0.381. The molecule has 0 aromatic rings. The van der Waals surface area contributed by atoms with E-state index in [4.69, 9.17) is 9.47 Å². The van der Waals surface area contributed by atoms with Crippen LogP contribution < -0.4 is 0 Å². The molecule has 1 atom stereocenters. The Balaban J connectivity index is 4.04. The third-order valence-electron chi connectivity index (χ3n) is 10.3. The molecule has 8 nitrogen and oxygen atoms in total. The van der Waals surface area contributed by atoms with E-state index in [1.807, 2.05) is 0 Å². The number of hydrogen-bond acceptors (Lipinski definition) is 8. The number of esters is 3. The first-order valence-electron chi connectivity index (χ1n) is 22.1. The molecule has 0 amide bonds. The Bertz CT molecular complexity index is 791. The molecule has 0 aliphatic carbocycles. The highest BCUT2D eigenvalue weighted by atomic mass is 16.5. The molecule has 0 aromatic heterocycles. The highest BCUT2D eigenvalue weighted by Gasteiger charge is 2.19. The third-order valence-corrected chi connectivity index (χ3v) is 10.3. The van der Waals surface area contributed by atoms with Crippen molar-refractivity contribution in [2.24, 2.45) is 5.92 Å². The van der Waals surface area contributed by atoms with Crippen LogP contribution in [0, 0.1) is 5.92 Å². The van der Waals surface area contributed by atoms with Gasteiger partial charge in [-0.25, -0.2) is 0 Å². The van der Waals surface area contributed by atoms with Gasteiger partial charge in [0, 0.05) is 19.4 Å². The first-order chi connectivity index (χ1) is 25.4. The molecule has 0 heterocycles.